The van der Waals surface area contributed by atoms with Crippen LogP contribution < -0.4 is 11.1 Å². The van der Waals surface area contributed by atoms with Gasteiger partial charge in [0.2, 0.25) is 5.91 Å². The van der Waals surface area contributed by atoms with Crippen molar-refractivity contribution in [2.24, 2.45) is 11.7 Å². The molecule has 1 atom stereocenters. The van der Waals surface area contributed by atoms with Crippen molar-refractivity contribution in [3.05, 3.63) is 52.8 Å². The summed E-state index contributed by atoms with van der Waals surface area (Å²) in [5.74, 6) is 0.307. The number of nitrogens with one attached hydrogen (secondary N) is 1. The van der Waals surface area contributed by atoms with Gasteiger partial charge in [0.15, 0.2) is 0 Å². The predicted molar refractivity (Wildman–Crippen MR) is 104 cm³/mol. The van der Waals surface area contributed by atoms with Gasteiger partial charge in [-0.3, -0.25) is 9.48 Å². The van der Waals surface area contributed by atoms with Gasteiger partial charge in [0.25, 0.3) is 0 Å². The van der Waals surface area contributed by atoms with E-state index in [0.29, 0.717) is 18.9 Å². The van der Waals surface area contributed by atoms with E-state index in [9.17, 15) is 4.79 Å². The summed E-state index contributed by atoms with van der Waals surface area (Å²) in [5, 5.41) is 7.56. The van der Waals surface area contributed by atoms with Gasteiger partial charge in [-0.2, -0.15) is 5.10 Å². The first-order valence-electron chi connectivity index (χ1n) is 8.48. The third kappa shape index (κ3) is 5.87. The number of halogens is 1. The van der Waals surface area contributed by atoms with Gasteiger partial charge in [-0.25, -0.2) is 0 Å². The molecule has 0 aliphatic rings. The van der Waals surface area contributed by atoms with Crippen molar-refractivity contribution in [2.75, 3.05) is 0 Å². The molecule has 0 aliphatic heterocycles. The number of hydrogen-bond acceptors (Lipinski definition) is 3. The van der Waals surface area contributed by atoms with E-state index in [1.54, 1.807) is 0 Å². The van der Waals surface area contributed by atoms with Gasteiger partial charge in [0.1, 0.15) is 0 Å². The van der Waals surface area contributed by atoms with Crippen LogP contribution >= 0.6 is 12.4 Å². The van der Waals surface area contributed by atoms with E-state index in [1.807, 2.05) is 36.7 Å². The van der Waals surface area contributed by atoms with Crippen molar-refractivity contribution in [1.29, 1.82) is 0 Å². The lowest BCUT2D eigenvalue weighted by Crippen LogP contribution is -2.41. The maximum atomic E-state index is 12.1. The van der Waals surface area contributed by atoms with Crippen LogP contribution in [0.1, 0.15) is 42.8 Å². The average molecular weight is 365 g/mol. The van der Waals surface area contributed by atoms with E-state index >= 15 is 0 Å². The van der Waals surface area contributed by atoms with E-state index in [0.717, 1.165) is 23.5 Å². The van der Waals surface area contributed by atoms with Gasteiger partial charge in [-0.1, -0.05) is 44.2 Å². The minimum Gasteiger partial charge on any atom is -0.351 e. The number of carbonyl (C=O) groups is 1. The quantitative estimate of drug-likeness (QED) is 0.793. The van der Waals surface area contributed by atoms with Crippen LogP contribution in [0.3, 0.4) is 0 Å². The highest BCUT2D eigenvalue weighted by atomic mass is 35.5. The molecule has 5 nitrogen and oxygen atoms in total. The fourth-order valence-corrected chi connectivity index (χ4v) is 2.82. The molecule has 0 saturated heterocycles. The van der Waals surface area contributed by atoms with Crippen molar-refractivity contribution in [2.45, 2.75) is 53.2 Å². The summed E-state index contributed by atoms with van der Waals surface area (Å²) in [6, 6.07) is 9.78. The molecule has 1 heterocycles. The highest BCUT2D eigenvalue weighted by Crippen LogP contribution is 2.15. The Morgan fingerprint density at radius 2 is 1.88 bits per heavy atom. The number of nitrogens with zero attached hydrogens (tertiary/aromatic N) is 2. The smallest absolute Gasteiger partial charge is 0.237 e. The van der Waals surface area contributed by atoms with Gasteiger partial charge in [0, 0.05) is 17.8 Å². The standard InChI is InChI=1S/C19H28N4O.ClH/c1-13(2)10-18(20)19(24)21-11-17-14(3)22-23(15(17)4)12-16-8-6-5-7-9-16;/h5-9,13,18H,10-12,20H2,1-4H3,(H,21,24);1H/t18-;/m0./s1. The Morgan fingerprint density at radius 1 is 1.24 bits per heavy atom. The first-order chi connectivity index (χ1) is 11.4. The number of amides is 1. The molecule has 1 amide bonds. The highest BCUT2D eigenvalue weighted by Gasteiger charge is 2.17. The molecule has 0 fully saturated rings. The minimum atomic E-state index is -0.454. The van der Waals surface area contributed by atoms with Crippen LogP contribution in [-0.4, -0.2) is 21.7 Å². The zero-order chi connectivity index (χ0) is 17.7. The number of rotatable bonds is 7. The second kappa shape index (κ2) is 9.59. The molecule has 0 aliphatic carbocycles. The molecule has 2 rings (SSSR count). The molecule has 0 unspecified atom stereocenters. The molecule has 1 aromatic heterocycles. The van der Waals surface area contributed by atoms with E-state index < -0.39 is 6.04 Å². The lowest BCUT2D eigenvalue weighted by Gasteiger charge is -2.14. The number of aromatic nitrogens is 2. The zero-order valence-electron chi connectivity index (χ0n) is 15.5. The first-order valence-corrected chi connectivity index (χ1v) is 8.48. The predicted octanol–water partition coefficient (Wildman–Crippen LogP) is 2.96. The summed E-state index contributed by atoms with van der Waals surface area (Å²) in [7, 11) is 0. The summed E-state index contributed by atoms with van der Waals surface area (Å²) >= 11 is 0. The van der Waals surface area contributed by atoms with Gasteiger partial charge in [-0.05, 0) is 31.7 Å². The zero-order valence-corrected chi connectivity index (χ0v) is 16.3. The fourth-order valence-electron chi connectivity index (χ4n) is 2.82. The lowest BCUT2D eigenvalue weighted by atomic mass is 10.0. The average Bonchev–Trinajstić information content (AvgIpc) is 2.79. The number of carbonyl (C=O) groups excluding carboxylic acids is 1. The molecule has 6 heteroatoms. The van der Waals surface area contributed by atoms with E-state index in [2.05, 4.69) is 36.4 Å². The van der Waals surface area contributed by atoms with Gasteiger partial charge < -0.3 is 11.1 Å². The molecule has 0 saturated carbocycles. The molecular weight excluding hydrogens is 336 g/mol. The topological polar surface area (TPSA) is 72.9 Å². The molecule has 0 bridgehead atoms. The molecule has 0 radical (unpaired) electrons. The van der Waals surface area contributed by atoms with Crippen LogP contribution in [0, 0.1) is 19.8 Å². The molecular formula is C19H29ClN4O. The molecule has 138 valence electrons. The van der Waals surface area contributed by atoms with E-state index in [4.69, 9.17) is 5.73 Å². The Morgan fingerprint density at radius 3 is 2.48 bits per heavy atom. The minimum absolute atomic E-state index is 0. The first kappa shape index (κ1) is 21.2. The fraction of sp³-hybridized carbons (Fsp3) is 0.474. The Labute approximate surface area is 156 Å². The Kier molecular flexibility index (Phi) is 8.13. The van der Waals surface area contributed by atoms with Crippen molar-refractivity contribution < 1.29 is 4.79 Å². The monoisotopic (exact) mass is 364 g/mol. The number of aryl methyl sites for hydroxylation is 1. The van der Waals surface area contributed by atoms with Crippen LogP contribution in [0.15, 0.2) is 30.3 Å². The summed E-state index contributed by atoms with van der Waals surface area (Å²) < 4.78 is 1.99. The second-order valence-corrected chi connectivity index (χ2v) is 6.75. The molecule has 0 spiro atoms. The number of nitrogens with two attached hydrogens (primary N) is 1. The third-order valence-electron chi connectivity index (χ3n) is 4.21. The summed E-state index contributed by atoms with van der Waals surface area (Å²) in [6.07, 6.45) is 0.692. The number of benzene rings is 1. The van der Waals surface area contributed by atoms with Crippen LogP contribution in [-0.2, 0) is 17.9 Å². The van der Waals surface area contributed by atoms with Crippen molar-refractivity contribution in [3.63, 3.8) is 0 Å². The van der Waals surface area contributed by atoms with Crippen LogP contribution in [0.2, 0.25) is 0 Å². The maximum absolute atomic E-state index is 12.1. The molecule has 1 aromatic carbocycles. The summed E-state index contributed by atoms with van der Waals surface area (Å²) in [6.45, 7) is 9.35. The maximum Gasteiger partial charge on any atom is 0.237 e. The number of hydrogen-bond donors (Lipinski definition) is 2. The van der Waals surface area contributed by atoms with Crippen molar-refractivity contribution in [3.8, 4) is 0 Å². The Balaban J connectivity index is 0.00000312. The normalized spacial score (nSPS) is 11.9. The van der Waals surface area contributed by atoms with Gasteiger partial charge in [0.05, 0.1) is 18.3 Å². The van der Waals surface area contributed by atoms with Crippen LogP contribution in [0.25, 0.3) is 0 Å². The van der Waals surface area contributed by atoms with Crippen LogP contribution in [0.5, 0.6) is 0 Å². The highest BCUT2D eigenvalue weighted by molar-refractivity contribution is 5.85. The summed E-state index contributed by atoms with van der Waals surface area (Å²) in [4.78, 5) is 12.1. The Hall–Kier alpha value is -1.85. The van der Waals surface area contributed by atoms with E-state index in [1.165, 1.54) is 5.56 Å². The molecule has 3 N–H and O–H groups in total. The summed E-state index contributed by atoms with van der Waals surface area (Å²) in [5.41, 5.74) is 10.2. The van der Waals surface area contributed by atoms with Gasteiger partial charge in [-0.15, -0.1) is 12.4 Å². The van der Waals surface area contributed by atoms with E-state index in [-0.39, 0.29) is 18.3 Å². The SMILES string of the molecule is Cc1nn(Cc2ccccc2)c(C)c1CNC(=O)[C@@H](N)CC(C)C.Cl. The second-order valence-electron chi connectivity index (χ2n) is 6.75. The third-order valence-corrected chi connectivity index (χ3v) is 4.21. The molecule has 2 aromatic rings. The lowest BCUT2D eigenvalue weighted by molar-refractivity contribution is -0.122. The van der Waals surface area contributed by atoms with Crippen LogP contribution in [0.4, 0.5) is 0 Å². The van der Waals surface area contributed by atoms with Crippen molar-refractivity contribution >= 4 is 18.3 Å². The molecule has 25 heavy (non-hydrogen) atoms. The Bertz CT molecular complexity index is 682. The van der Waals surface area contributed by atoms with Gasteiger partial charge >= 0.3 is 0 Å². The largest absolute Gasteiger partial charge is 0.351 e. The van der Waals surface area contributed by atoms with Crippen molar-refractivity contribution in [1.82, 2.24) is 15.1 Å².